The maximum atomic E-state index is 12.7. The quantitative estimate of drug-likeness (QED) is 0.519. The Labute approximate surface area is 197 Å². The van der Waals surface area contributed by atoms with Crippen molar-refractivity contribution in [2.45, 2.75) is 62.8 Å². The average molecular weight is 477 g/mol. The van der Waals surface area contributed by atoms with Crippen molar-refractivity contribution < 1.29 is 19.0 Å². The Bertz CT molecular complexity index is 1050. The van der Waals surface area contributed by atoms with Gasteiger partial charge in [-0.3, -0.25) is 4.98 Å². The molecule has 2 fully saturated rings. The molecule has 8 heteroatoms. The van der Waals surface area contributed by atoms with Crippen LogP contribution in [0.4, 0.5) is 4.79 Å². The highest BCUT2D eigenvalue weighted by Crippen LogP contribution is 2.58. The number of alkyl halides is 1. The molecule has 3 heterocycles. The van der Waals surface area contributed by atoms with Gasteiger partial charge in [-0.25, -0.2) is 4.79 Å². The third-order valence-electron chi connectivity index (χ3n) is 6.28. The second-order valence-corrected chi connectivity index (χ2v) is 10.7. The Balaban J connectivity index is 1.38. The Morgan fingerprint density at radius 3 is 2.72 bits per heavy atom. The van der Waals surface area contributed by atoms with Gasteiger partial charge in [-0.15, -0.1) is 11.6 Å². The molecule has 3 aliphatic rings. The number of piperidine rings is 1. The van der Waals surface area contributed by atoms with E-state index in [1.165, 1.54) is 0 Å². The van der Waals surface area contributed by atoms with Crippen molar-refractivity contribution in [3.63, 3.8) is 0 Å². The Morgan fingerprint density at radius 1 is 1.25 bits per heavy atom. The highest BCUT2D eigenvalue weighted by atomic mass is 35.5. The number of carbonyl (C=O) groups excluding carboxylic acids is 1. The summed E-state index contributed by atoms with van der Waals surface area (Å²) in [5.74, 6) is 0.675. The molecule has 0 radical (unpaired) electrons. The zero-order valence-electron chi connectivity index (χ0n) is 18.5. The smallest absolute Gasteiger partial charge is 0.410 e. The van der Waals surface area contributed by atoms with Crippen LogP contribution in [0.3, 0.4) is 0 Å². The van der Waals surface area contributed by atoms with Crippen LogP contribution in [0.15, 0.2) is 36.5 Å². The van der Waals surface area contributed by atoms with E-state index in [1.54, 1.807) is 23.2 Å². The molecule has 6 nitrogen and oxygen atoms in total. The molecule has 32 heavy (non-hydrogen) atoms. The Kier molecular flexibility index (Phi) is 5.02. The number of nitrogens with zero attached hydrogens (tertiary/aromatic N) is 2. The van der Waals surface area contributed by atoms with Crippen LogP contribution in [0.1, 0.15) is 51.3 Å². The molecule has 0 bridgehead atoms. The molecule has 1 saturated heterocycles. The monoisotopic (exact) mass is 476 g/mol. The molecule has 5 rings (SSSR count). The minimum atomic E-state index is -1.04. The fourth-order valence-electron chi connectivity index (χ4n) is 4.82. The maximum Gasteiger partial charge on any atom is 0.410 e. The van der Waals surface area contributed by atoms with Gasteiger partial charge in [0, 0.05) is 31.1 Å². The van der Waals surface area contributed by atoms with E-state index in [2.05, 4.69) is 11.1 Å². The predicted octanol–water partition coefficient (Wildman–Crippen LogP) is 5.71. The molecule has 2 aromatic rings. The second kappa shape index (κ2) is 7.42. The third kappa shape index (κ3) is 3.67. The molecule has 1 aromatic carbocycles. The first-order valence-corrected chi connectivity index (χ1v) is 11.7. The topological polar surface area (TPSA) is 60.9 Å². The number of fused-ring (bicyclic) bond motifs is 2. The van der Waals surface area contributed by atoms with Crippen LogP contribution in [-0.2, 0) is 10.5 Å². The van der Waals surface area contributed by atoms with Crippen molar-refractivity contribution in [2.24, 2.45) is 5.92 Å². The summed E-state index contributed by atoms with van der Waals surface area (Å²) in [7, 11) is 0. The normalized spacial score (nSPS) is 30.6. The zero-order valence-corrected chi connectivity index (χ0v) is 20.0. The van der Waals surface area contributed by atoms with E-state index in [9.17, 15) is 4.79 Å². The molecular weight excluding hydrogens is 451 g/mol. The fraction of sp³-hybridized carbons (Fsp3) is 0.500. The van der Waals surface area contributed by atoms with Gasteiger partial charge in [-0.05, 0) is 51.3 Å². The number of para-hydroxylation sites is 1. The summed E-state index contributed by atoms with van der Waals surface area (Å²) in [4.78, 5) is 18.9. The number of carbonyl (C=O) groups is 1. The van der Waals surface area contributed by atoms with Gasteiger partial charge in [0.1, 0.15) is 11.3 Å². The maximum absolute atomic E-state index is 12.7. The molecule has 0 N–H and O–H groups in total. The standard InChI is InChI=1S/C24H26Cl2N2O4/c1-23(2,3)32-22(29)28-11-10-14(18-19(26)20(18)28)15-6-5-7-16-21(15)31-24(4,30-16)17-9-8-13(25)12-27-17/h5-9,12,14,18-20H,10-11H2,1-4H3/t14-,18?,19?,20?,24-/m0/s1. The molecule has 1 aromatic heterocycles. The summed E-state index contributed by atoms with van der Waals surface area (Å²) in [6.45, 7) is 8.05. The molecule has 170 valence electrons. The lowest BCUT2D eigenvalue weighted by molar-refractivity contribution is -0.0722. The van der Waals surface area contributed by atoms with E-state index in [4.69, 9.17) is 37.4 Å². The van der Waals surface area contributed by atoms with Crippen molar-refractivity contribution in [3.05, 3.63) is 52.8 Å². The summed E-state index contributed by atoms with van der Waals surface area (Å²) < 4.78 is 18.2. The van der Waals surface area contributed by atoms with Crippen LogP contribution in [-0.4, -0.2) is 39.5 Å². The third-order valence-corrected chi connectivity index (χ3v) is 7.06. The summed E-state index contributed by atoms with van der Waals surface area (Å²) in [6.07, 6.45) is 2.06. The lowest BCUT2D eigenvalue weighted by atomic mass is 9.87. The number of likely N-dealkylation sites (tertiary alicyclic amines) is 1. The van der Waals surface area contributed by atoms with E-state index in [0.29, 0.717) is 23.0 Å². The Morgan fingerprint density at radius 2 is 2.03 bits per heavy atom. The predicted molar refractivity (Wildman–Crippen MR) is 122 cm³/mol. The van der Waals surface area contributed by atoms with Crippen molar-refractivity contribution >= 4 is 29.3 Å². The van der Waals surface area contributed by atoms with Gasteiger partial charge in [0.25, 0.3) is 5.79 Å². The summed E-state index contributed by atoms with van der Waals surface area (Å²) >= 11 is 12.7. The van der Waals surface area contributed by atoms with Crippen LogP contribution < -0.4 is 9.47 Å². The first-order chi connectivity index (χ1) is 15.1. The molecule has 3 unspecified atom stereocenters. The van der Waals surface area contributed by atoms with Crippen LogP contribution in [0.25, 0.3) is 0 Å². The first kappa shape index (κ1) is 21.7. The van der Waals surface area contributed by atoms with E-state index in [1.807, 2.05) is 39.8 Å². The molecule has 1 aliphatic carbocycles. The van der Waals surface area contributed by atoms with Gasteiger partial charge in [-0.1, -0.05) is 23.7 Å². The van der Waals surface area contributed by atoms with Gasteiger partial charge in [0.15, 0.2) is 11.5 Å². The van der Waals surface area contributed by atoms with E-state index < -0.39 is 11.4 Å². The van der Waals surface area contributed by atoms with Crippen LogP contribution in [0, 0.1) is 5.92 Å². The van der Waals surface area contributed by atoms with E-state index >= 15 is 0 Å². The van der Waals surface area contributed by atoms with Gasteiger partial charge in [-0.2, -0.15) is 0 Å². The number of pyridine rings is 1. The molecular formula is C24H26Cl2N2O4. The summed E-state index contributed by atoms with van der Waals surface area (Å²) in [5, 5.41) is 0.440. The lowest BCUT2D eigenvalue weighted by Crippen LogP contribution is -2.43. The highest BCUT2D eigenvalue weighted by molar-refractivity contribution is 6.30. The number of benzene rings is 1. The largest absolute Gasteiger partial charge is 0.444 e. The average Bonchev–Trinajstić information content (AvgIpc) is 3.24. The molecule has 0 spiro atoms. The second-order valence-electron chi connectivity index (χ2n) is 9.77. The minimum absolute atomic E-state index is 0.0345. The SMILES string of the molecule is CC(C)(C)OC(=O)N1CC[C@@H](c2cccc3c2O[C@@](C)(c2ccc(Cl)cn2)O3)C2C(Cl)C21. The van der Waals surface area contributed by atoms with Gasteiger partial charge < -0.3 is 19.1 Å². The molecule has 5 atom stereocenters. The van der Waals surface area contributed by atoms with Gasteiger partial charge in [0.05, 0.1) is 16.4 Å². The number of halogens is 2. The fourth-order valence-corrected chi connectivity index (χ4v) is 5.48. The lowest BCUT2D eigenvalue weighted by Gasteiger charge is -2.33. The van der Waals surface area contributed by atoms with Gasteiger partial charge >= 0.3 is 6.09 Å². The molecule has 2 aliphatic heterocycles. The van der Waals surface area contributed by atoms with Crippen LogP contribution >= 0.6 is 23.2 Å². The Hall–Kier alpha value is -2.18. The molecule has 1 amide bonds. The van der Waals surface area contributed by atoms with Crippen molar-refractivity contribution in [1.29, 1.82) is 0 Å². The van der Waals surface area contributed by atoms with Crippen molar-refractivity contribution in [1.82, 2.24) is 9.88 Å². The highest BCUT2D eigenvalue weighted by Gasteiger charge is 2.61. The van der Waals surface area contributed by atoms with Crippen molar-refractivity contribution in [3.8, 4) is 11.5 Å². The number of aromatic nitrogens is 1. The van der Waals surface area contributed by atoms with Crippen molar-refractivity contribution in [2.75, 3.05) is 6.54 Å². The number of rotatable bonds is 2. The first-order valence-electron chi connectivity index (χ1n) is 10.8. The van der Waals surface area contributed by atoms with E-state index in [0.717, 1.165) is 17.7 Å². The van der Waals surface area contributed by atoms with E-state index in [-0.39, 0.29) is 29.3 Å². The number of hydrogen-bond acceptors (Lipinski definition) is 5. The van der Waals surface area contributed by atoms with Crippen LogP contribution in [0.2, 0.25) is 5.02 Å². The number of amides is 1. The van der Waals surface area contributed by atoms with Crippen LogP contribution in [0.5, 0.6) is 11.5 Å². The van der Waals surface area contributed by atoms with Gasteiger partial charge in [0.2, 0.25) is 0 Å². The number of ether oxygens (including phenoxy) is 3. The minimum Gasteiger partial charge on any atom is -0.444 e. The zero-order chi connectivity index (χ0) is 22.8. The summed E-state index contributed by atoms with van der Waals surface area (Å²) in [6, 6.07) is 9.48. The number of hydrogen-bond donors (Lipinski definition) is 0. The summed E-state index contributed by atoms with van der Waals surface area (Å²) in [5.41, 5.74) is 1.16. The molecule has 1 saturated carbocycles.